The van der Waals surface area contributed by atoms with Crippen LogP contribution in [0.2, 0.25) is 0 Å². The van der Waals surface area contributed by atoms with E-state index < -0.39 is 9.84 Å². The number of nitrogens with two attached hydrogens (primary N) is 1. The van der Waals surface area contributed by atoms with E-state index in [9.17, 15) is 8.42 Å². The summed E-state index contributed by atoms with van der Waals surface area (Å²) >= 11 is 4.89. The summed E-state index contributed by atoms with van der Waals surface area (Å²) < 4.78 is 24.8. The van der Waals surface area contributed by atoms with E-state index in [-0.39, 0.29) is 10.7 Å². The maximum atomic E-state index is 12.4. The minimum atomic E-state index is -3.30. The number of sulfone groups is 1. The summed E-state index contributed by atoms with van der Waals surface area (Å²) in [4.78, 5) is 2.70. The number of hydrogen-bond acceptors (Lipinski definition) is 4. The van der Waals surface area contributed by atoms with Gasteiger partial charge in [0.1, 0.15) is 4.99 Å². The second-order valence-electron chi connectivity index (χ2n) is 5.05. The van der Waals surface area contributed by atoms with Gasteiger partial charge in [-0.1, -0.05) is 38.2 Å². The minimum Gasteiger partial charge on any atom is -0.389 e. The van der Waals surface area contributed by atoms with Crippen molar-refractivity contribution in [3.63, 3.8) is 0 Å². The minimum absolute atomic E-state index is 0.119. The molecule has 0 amide bonds. The topological polar surface area (TPSA) is 63.4 Å². The van der Waals surface area contributed by atoms with Crippen molar-refractivity contribution >= 4 is 27.0 Å². The molecular weight excluding hydrogens is 304 g/mol. The first-order valence-electron chi connectivity index (χ1n) is 7.25. The van der Waals surface area contributed by atoms with E-state index in [2.05, 4.69) is 18.7 Å². The fourth-order valence-corrected chi connectivity index (χ4v) is 3.63. The highest BCUT2D eigenvalue weighted by molar-refractivity contribution is 7.91. The zero-order valence-corrected chi connectivity index (χ0v) is 14.3. The van der Waals surface area contributed by atoms with E-state index in [1.165, 1.54) is 0 Å². The molecule has 1 rings (SSSR count). The van der Waals surface area contributed by atoms with E-state index in [0.717, 1.165) is 25.9 Å². The standard InChI is InChI=1S/C15H24N2O2S2/c1-3-8-17(9-4-2)10-11-21(18,19)14-7-5-6-13(12-14)15(16)20/h5-7,12H,3-4,8-11H2,1-2H3,(H2,16,20). The van der Waals surface area contributed by atoms with Gasteiger partial charge in [-0.15, -0.1) is 0 Å². The molecule has 0 heterocycles. The van der Waals surface area contributed by atoms with Gasteiger partial charge in [0.05, 0.1) is 10.6 Å². The second kappa shape index (κ2) is 8.46. The third-order valence-corrected chi connectivity index (χ3v) is 5.16. The average Bonchev–Trinajstić information content (AvgIpc) is 2.45. The van der Waals surface area contributed by atoms with Gasteiger partial charge in [0.15, 0.2) is 9.84 Å². The van der Waals surface area contributed by atoms with Crippen LogP contribution in [0.4, 0.5) is 0 Å². The van der Waals surface area contributed by atoms with Crippen LogP contribution in [0.3, 0.4) is 0 Å². The van der Waals surface area contributed by atoms with Crippen molar-refractivity contribution in [3.8, 4) is 0 Å². The number of thiocarbonyl (C=S) groups is 1. The largest absolute Gasteiger partial charge is 0.389 e. The third-order valence-electron chi connectivity index (χ3n) is 3.23. The van der Waals surface area contributed by atoms with Crippen LogP contribution in [0.25, 0.3) is 0 Å². The smallest absolute Gasteiger partial charge is 0.179 e. The van der Waals surface area contributed by atoms with Crippen LogP contribution >= 0.6 is 12.2 Å². The van der Waals surface area contributed by atoms with Crippen molar-refractivity contribution in [2.24, 2.45) is 5.73 Å². The molecule has 1 aromatic carbocycles. The second-order valence-corrected chi connectivity index (χ2v) is 7.60. The molecule has 4 nitrogen and oxygen atoms in total. The van der Waals surface area contributed by atoms with Gasteiger partial charge in [-0.3, -0.25) is 0 Å². The summed E-state index contributed by atoms with van der Waals surface area (Å²) in [5.41, 5.74) is 6.14. The Kier molecular flexibility index (Phi) is 7.28. The van der Waals surface area contributed by atoms with Crippen molar-refractivity contribution in [1.29, 1.82) is 0 Å². The van der Waals surface area contributed by atoms with Crippen LogP contribution in [0, 0.1) is 0 Å². The van der Waals surface area contributed by atoms with Gasteiger partial charge >= 0.3 is 0 Å². The Morgan fingerprint density at radius 1 is 1.19 bits per heavy atom. The van der Waals surface area contributed by atoms with Gasteiger partial charge in [-0.2, -0.15) is 0 Å². The molecule has 0 bridgehead atoms. The van der Waals surface area contributed by atoms with E-state index >= 15 is 0 Å². The Morgan fingerprint density at radius 2 is 1.81 bits per heavy atom. The summed E-state index contributed by atoms with van der Waals surface area (Å²) in [6.45, 7) is 6.61. The fourth-order valence-electron chi connectivity index (χ4n) is 2.18. The Labute approximate surface area is 133 Å². The van der Waals surface area contributed by atoms with Gasteiger partial charge < -0.3 is 10.6 Å². The molecule has 0 saturated heterocycles. The number of hydrogen-bond donors (Lipinski definition) is 1. The summed E-state index contributed by atoms with van der Waals surface area (Å²) in [7, 11) is -3.30. The lowest BCUT2D eigenvalue weighted by Gasteiger charge is -2.20. The highest BCUT2D eigenvalue weighted by Crippen LogP contribution is 2.14. The van der Waals surface area contributed by atoms with Crippen molar-refractivity contribution in [1.82, 2.24) is 4.90 Å². The van der Waals surface area contributed by atoms with Gasteiger partial charge in [0.2, 0.25) is 0 Å². The number of rotatable bonds is 9. The first-order valence-corrected chi connectivity index (χ1v) is 9.31. The molecule has 6 heteroatoms. The lowest BCUT2D eigenvalue weighted by Crippen LogP contribution is -2.31. The van der Waals surface area contributed by atoms with Gasteiger partial charge in [0.25, 0.3) is 0 Å². The van der Waals surface area contributed by atoms with Crippen LogP contribution in [0.1, 0.15) is 32.3 Å². The highest BCUT2D eigenvalue weighted by Gasteiger charge is 2.17. The van der Waals surface area contributed by atoms with Crippen molar-refractivity contribution in [2.75, 3.05) is 25.4 Å². The molecule has 0 atom stereocenters. The van der Waals surface area contributed by atoms with Crippen LogP contribution in [-0.2, 0) is 9.84 Å². The zero-order chi connectivity index (χ0) is 15.9. The van der Waals surface area contributed by atoms with Gasteiger partial charge in [-0.05, 0) is 38.1 Å². The number of nitrogens with zero attached hydrogens (tertiary/aromatic N) is 1. The number of benzene rings is 1. The molecular formula is C15H24N2O2S2. The van der Waals surface area contributed by atoms with Crippen molar-refractivity contribution < 1.29 is 8.42 Å². The van der Waals surface area contributed by atoms with Crippen molar-refractivity contribution in [2.45, 2.75) is 31.6 Å². The zero-order valence-electron chi connectivity index (χ0n) is 12.7. The first kappa shape index (κ1) is 18.1. The maximum absolute atomic E-state index is 12.4. The van der Waals surface area contributed by atoms with Crippen LogP contribution < -0.4 is 5.73 Å². The quantitative estimate of drug-likeness (QED) is 0.704. The van der Waals surface area contributed by atoms with E-state index in [4.69, 9.17) is 18.0 Å². The van der Waals surface area contributed by atoms with Crippen LogP contribution in [0.15, 0.2) is 29.2 Å². The molecule has 0 aliphatic carbocycles. The molecule has 0 fully saturated rings. The van der Waals surface area contributed by atoms with Crippen molar-refractivity contribution in [3.05, 3.63) is 29.8 Å². The first-order chi connectivity index (χ1) is 9.90. The molecule has 0 aromatic heterocycles. The van der Waals surface area contributed by atoms with Gasteiger partial charge in [-0.25, -0.2) is 8.42 Å². The Bertz CT molecular complexity index is 565. The molecule has 2 N–H and O–H groups in total. The molecule has 0 aliphatic rings. The highest BCUT2D eigenvalue weighted by atomic mass is 32.2. The SMILES string of the molecule is CCCN(CCC)CCS(=O)(=O)c1cccc(C(N)=S)c1. The Hall–Kier alpha value is -0.980. The third kappa shape index (κ3) is 5.73. The normalized spacial score (nSPS) is 11.8. The molecule has 0 radical (unpaired) electrons. The fraction of sp³-hybridized carbons (Fsp3) is 0.533. The predicted molar refractivity (Wildman–Crippen MR) is 91.4 cm³/mol. The lowest BCUT2D eigenvalue weighted by molar-refractivity contribution is 0.290. The predicted octanol–water partition coefficient (Wildman–Crippen LogP) is 2.22. The van der Waals surface area contributed by atoms with E-state index in [1.54, 1.807) is 24.3 Å². The lowest BCUT2D eigenvalue weighted by atomic mass is 10.2. The van der Waals surface area contributed by atoms with Crippen LogP contribution in [0.5, 0.6) is 0 Å². The Morgan fingerprint density at radius 3 is 2.33 bits per heavy atom. The molecule has 0 spiro atoms. The van der Waals surface area contributed by atoms with E-state index in [0.29, 0.717) is 17.0 Å². The molecule has 0 saturated carbocycles. The average molecular weight is 329 g/mol. The summed E-state index contributed by atoms with van der Waals surface area (Å²) in [6.07, 6.45) is 2.05. The monoisotopic (exact) mass is 328 g/mol. The molecule has 1 aromatic rings. The molecule has 0 aliphatic heterocycles. The summed E-state index contributed by atoms with van der Waals surface area (Å²) in [6, 6.07) is 6.56. The molecule has 0 unspecified atom stereocenters. The molecule has 21 heavy (non-hydrogen) atoms. The summed E-state index contributed by atoms with van der Waals surface area (Å²) in [5.74, 6) is 0.119. The van der Waals surface area contributed by atoms with Gasteiger partial charge in [0, 0.05) is 12.1 Å². The Balaban J connectivity index is 2.81. The van der Waals surface area contributed by atoms with Crippen LogP contribution in [-0.4, -0.2) is 43.7 Å². The summed E-state index contributed by atoms with van der Waals surface area (Å²) in [5, 5.41) is 0. The molecule has 118 valence electrons. The van der Waals surface area contributed by atoms with E-state index in [1.807, 2.05) is 0 Å². The maximum Gasteiger partial charge on any atom is 0.179 e.